The molecule has 0 saturated carbocycles. The molecule has 1 amide bonds. The van der Waals surface area contributed by atoms with Gasteiger partial charge in [-0.15, -0.1) is 10.2 Å². The highest BCUT2D eigenvalue weighted by molar-refractivity contribution is 7.15. The Morgan fingerprint density at radius 1 is 1.23 bits per heavy atom. The lowest BCUT2D eigenvalue weighted by Crippen LogP contribution is -2.15. The van der Waals surface area contributed by atoms with E-state index >= 15 is 0 Å². The highest BCUT2D eigenvalue weighted by Crippen LogP contribution is 2.20. The number of carbonyl (C=O) groups excluding carboxylic acids is 1. The number of benzene rings is 1. The molecule has 1 aromatic carbocycles. The van der Waals surface area contributed by atoms with E-state index in [1.165, 1.54) is 23.5 Å². The van der Waals surface area contributed by atoms with E-state index in [4.69, 9.17) is 0 Å². The molecule has 0 aliphatic heterocycles. The van der Waals surface area contributed by atoms with Gasteiger partial charge in [0, 0.05) is 17.7 Å². The molecule has 3 aromatic rings. The van der Waals surface area contributed by atoms with Gasteiger partial charge in [-0.05, 0) is 44.5 Å². The van der Waals surface area contributed by atoms with Crippen molar-refractivity contribution >= 4 is 22.4 Å². The summed E-state index contributed by atoms with van der Waals surface area (Å²) in [6.07, 6.45) is 2.04. The summed E-state index contributed by atoms with van der Waals surface area (Å²) >= 11 is 1.40. The van der Waals surface area contributed by atoms with Gasteiger partial charge in [0.15, 0.2) is 0 Å². The zero-order chi connectivity index (χ0) is 18.7. The molecule has 0 bridgehead atoms. The predicted molar refractivity (Wildman–Crippen MR) is 99.2 cm³/mol. The minimum absolute atomic E-state index is 0.158. The van der Waals surface area contributed by atoms with E-state index in [-0.39, 0.29) is 18.1 Å². The summed E-state index contributed by atoms with van der Waals surface area (Å²) in [6, 6.07) is 6.10. The maximum atomic E-state index is 13.1. The average Bonchev–Trinajstić information content (AvgIpc) is 3.15. The molecule has 1 N–H and O–H groups in total. The van der Waals surface area contributed by atoms with Crippen LogP contribution in [0.1, 0.15) is 35.3 Å². The molecule has 0 atom stereocenters. The Hall–Kier alpha value is -2.61. The van der Waals surface area contributed by atoms with Crippen LogP contribution in [0.3, 0.4) is 0 Å². The Balaban J connectivity index is 1.74. The van der Waals surface area contributed by atoms with E-state index < -0.39 is 0 Å². The lowest BCUT2D eigenvalue weighted by Gasteiger charge is -2.05. The maximum Gasteiger partial charge on any atom is 0.230 e. The molecule has 3 rings (SSSR count). The average molecular weight is 373 g/mol. The SMILES string of the molecule is CCCc1nnc(NC(=O)Cc2c(C)nn(-c3ccc(F)cc3)c2C)s1. The summed E-state index contributed by atoms with van der Waals surface area (Å²) in [5, 5.41) is 16.8. The Kier molecular flexibility index (Phi) is 5.41. The van der Waals surface area contributed by atoms with Crippen molar-refractivity contribution in [1.82, 2.24) is 20.0 Å². The first-order chi connectivity index (χ1) is 12.5. The van der Waals surface area contributed by atoms with Crippen LogP contribution >= 0.6 is 11.3 Å². The summed E-state index contributed by atoms with van der Waals surface area (Å²) in [5.74, 6) is -0.455. The van der Waals surface area contributed by atoms with Crippen molar-refractivity contribution in [3.63, 3.8) is 0 Å². The topological polar surface area (TPSA) is 72.7 Å². The number of hydrogen-bond donors (Lipinski definition) is 1. The van der Waals surface area contributed by atoms with Crippen LogP contribution in [0, 0.1) is 19.7 Å². The largest absolute Gasteiger partial charge is 0.300 e. The van der Waals surface area contributed by atoms with Crippen molar-refractivity contribution in [2.24, 2.45) is 0 Å². The van der Waals surface area contributed by atoms with E-state index in [1.807, 2.05) is 13.8 Å². The molecule has 0 radical (unpaired) electrons. The standard InChI is InChI=1S/C18H20FN5OS/c1-4-5-17-21-22-18(26-17)20-16(25)10-15-11(2)23-24(12(15)3)14-8-6-13(19)7-9-14/h6-9H,4-5,10H2,1-3H3,(H,20,22,25). The zero-order valence-corrected chi connectivity index (χ0v) is 15.7. The number of nitrogens with zero attached hydrogens (tertiary/aromatic N) is 4. The molecule has 0 unspecified atom stereocenters. The van der Waals surface area contributed by atoms with Crippen molar-refractivity contribution in [2.75, 3.05) is 5.32 Å². The molecule has 0 aliphatic carbocycles. The van der Waals surface area contributed by atoms with Gasteiger partial charge >= 0.3 is 0 Å². The van der Waals surface area contributed by atoms with Crippen molar-refractivity contribution in [1.29, 1.82) is 0 Å². The highest BCUT2D eigenvalue weighted by Gasteiger charge is 2.17. The molecule has 2 heterocycles. The van der Waals surface area contributed by atoms with Gasteiger partial charge in [0.25, 0.3) is 0 Å². The first kappa shape index (κ1) is 18.2. The third-order valence-corrected chi connectivity index (χ3v) is 4.93. The Bertz CT molecular complexity index is 916. The van der Waals surface area contributed by atoms with Gasteiger partial charge in [0.05, 0.1) is 17.8 Å². The normalized spacial score (nSPS) is 10.9. The predicted octanol–water partition coefficient (Wildman–Crippen LogP) is 3.61. The first-order valence-corrected chi connectivity index (χ1v) is 9.23. The zero-order valence-electron chi connectivity index (χ0n) is 14.9. The van der Waals surface area contributed by atoms with Crippen LogP contribution in [0.25, 0.3) is 5.69 Å². The summed E-state index contributed by atoms with van der Waals surface area (Å²) < 4.78 is 14.8. The lowest BCUT2D eigenvalue weighted by atomic mass is 10.1. The van der Waals surface area contributed by atoms with Crippen LogP contribution in [0.2, 0.25) is 0 Å². The van der Waals surface area contributed by atoms with Crippen LogP contribution in [-0.2, 0) is 17.6 Å². The van der Waals surface area contributed by atoms with Crippen molar-refractivity contribution in [3.8, 4) is 5.69 Å². The molecule has 2 aromatic heterocycles. The number of rotatable bonds is 6. The smallest absolute Gasteiger partial charge is 0.230 e. The number of carbonyl (C=O) groups is 1. The minimum Gasteiger partial charge on any atom is -0.300 e. The van der Waals surface area contributed by atoms with Crippen LogP contribution in [0.4, 0.5) is 9.52 Å². The van der Waals surface area contributed by atoms with E-state index in [0.717, 1.165) is 40.5 Å². The van der Waals surface area contributed by atoms with Gasteiger partial charge in [0.1, 0.15) is 10.8 Å². The molecule has 8 heteroatoms. The van der Waals surface area contributed by atoms with Crippen LogP contribution in [-0.4, -0.2) is 25.9 Å². The van der Waals surface area contributed by atoms with Crippen molar-refractivity contribution < 1.29 is 9.18 Å². The molecule has 26 heavy (non-hydrogen) atoms. The number of amides is 1. The maximum absolute atomic E-state index is 13.1. The fraction of sp³-hybridized carbons (Fsp3) is 0.333. The monoisotopic (exact) mass is 373 g/mol. The Morgan fingerprint density at radius 3 is 2.65 bits per heavy atom. The van der Waals surface area contributed by atoms with Gasteiger partial charge in [-0.1, -0.05) is 18.3 Å². The van der Waals surface area contributed by atoms with Crippen LogP contribution in [0.5, 0.6) is 0 Å². The van der Waals surface area contributed by atoms with Gasteiger partial charge in [-0.25, -0.2) is 9.07 Å². The van der Waals surface area contributed by atoms with E-state index in [1.54, 1.807) is 16.8 Å². The fourth-order valence-corrected chi connectivity index (χ4v) is 3.57. The van der Waals surface area contributed by atoms with E-state index in [9.17, 15) is 9.18 Å². The number of hydrogen-bond acceptors (Lipinski definition) is 5. The van der Waals surface area contributed by atoms with Gasteiger partial charge < -0.3 is 5.32 Å². The molecule has 0 fully saturated rings. The van der Waals surface area contributed by atoms with Crippen molar-refractivity contribution in [2.45, 2.75) is 40.0 Å². The number of halogens is 1. The second-order valence-electron chi connectivity index (χ2n) is 6.01. The number of aryl methyl sites for hydroxylation is 2. The summed E-state index contributed by atoms with van der Waals surface area (Å²) in [4.78, 5) is 12.4. The van der Waals surface area contributed by atoms with E-state index in [2.05, 4.69) is 27.5 Å². The molecule has 0 spiro atoms. The number of anilines is 1. The molecule has 6 nitrogen and oxygen atoms in total. The number of nitrogens with one attached hydrogen (secondary N) is 1. The molecular weight excluding hydrogens is 353 g/mol. The quantitative estimate of drug-likeness (QED) is 0.716. The fourth-order valence-electron chi connectivity index (χ4n) is 2.71. The molecule has 0 aliphatic rings. The summed E-state index contributed by atoms with van der Waals surface area (Å²) in [7, 11) is 0. The van der Waals surface area contributed by atoms with Crippen LogP contribution in [0.15, 0.2) is 24.3 Å². The highest BCUT2D eigenvalue weighted by atomic mass is 32.1. The molecular formula is C18H20FN5OS. The third-order valence-electron chi connectivity index (χ3n) is 4.03. The summed E-state index contributed by atoms with van der Waals surface area (Å²) in [5.41, 5.74) is 3.23. The van der Waals surface area contributed by atoms with E-state index in [0.29, 0.717) is 5.13 Å². The Labute approximate surface area is 155 Å². The third kappa shape index (κ3) is 3.96. The van der Waals surface area contributed by atoms with Gasteiger partial charge in [0.2, 0.25) is 11.0 Å². The van der Waals surface area contributed by atoms with Gasteiger partial charge in [-0.2, -0.15) is 5.10 Å². The minimum atomic E-state index is -0.297. The molecule has 136 valence electrons. The van der Waals surface area contributed by atoms with Crippen LogP contribution < -0.4 is 5.32 Å². The lowest BCUT2D eigenvalue weighted by molar-refractivity contribution is -0.115. The van der Waals surface area contributed by atoms with Crippen molar-refractivity contribution in [3.05, 3.63) is 52.0 Å². The second kappa shape index (κ2) is 7.74. The second-order valence-corrected chi connectivity index (χ2v) is 7.08. The van der Waals surface area contributed by atoms with Gasteiger partial charge in [-0.3, -0.25) is 4.79 Å². The Morgan fingerprint density at radius 2 is 1.96 bits per heavy atom. The first-order valence-electron chi connectivity index (χ1n) is 8.41. The molecule has 0 saturated heterocycles. The summed E-state index contributed by atoms with van der Waals surface area (Å²) in [6.45, 7) is 5.83. The number of aromatic nitrogens is 4.